The van der Waals surface area contributed by atoms with Crippen LogP contribution in [0.1, 0.15) is 11.1 Å². The van der Waals surface area contributed by atoms with Gasteiger partial charge >= 0.3 is 0 Å². The molecule has 0 N–H and O–H groups in total. The molecule has 9 aromatic carbocycles. The van der Waals surface area contributed by atoms with Crippen LogP contribution in [-0.2, 0) is 6.42 Å². The van der Waals surface area contributed by atoms with Gasteiger partial charge in [-0.2, -0.15) is 5.26 Å². The van der Waals surface area contributed by atoms with E-state index in [1.165, 1.54) is 53.7 Å². The van der Waals surface area contributed by atoms with Crippen molar-refractivity contribution < 1.29 is 4.42 Å². The molecule has 0 aliphatic heterocycles. The summed E-state index contributed by atoms with van der Waals surface area (Å²) in [5.74, 6) is 0. The summed E-state index contributed by atoms with van der Waals surface area (Å²) < 4.78 is 8.79. The van der Waals surface area contributed by atoms with E-state index in [0.29, 0.717) is 5.56 Å². The maximum absolute atomic E-state index is 9.85. The number of para-hydroxylation sites is 2. The van der Waals surface area contributed by atoms with Gasteiger partial charge in [0, 0.05) is 32.3 Å². The van der Waals surface area contributed by atoms with Crippen LogP contribution in [0.15, 0.2) is 199 Å². The van der Waals surface area contributed by atoms with E-state index >= 15 is 0 Å². The van der Waals surface area contributed by atoms with Crippen LogP contribution < -0.4 is 15.6 Å². The lowest BCUT2D eigenvalue weighted by atomic mass is 9.93. The Morgan fingerprint density at radius 2 is 0.982 bits per heavy atom. The minimum atomic E-state index is -2.68. The van der Waals surface area contributed by atoms with Gasteiger partial charge in [-0.15, -0.1) is 0 Å². The largest absolute Gasteiger partial charge is 0.456 e. The Bertz CT molecular complexity index is 3280. The van der Waals surface area contributed by atoms with Gasteiger partial charge in [0.15, 0.2) is 0 Å². The van der Waals surface area contributed by atoms with E-state index in [9.17, 15) is 5.26 Å². The van der Waals surface area contributed by atoms with E-state index in [2.05, 4.69) is 187 Å². The van der Waals surface area contributed by atoms with Crippen molar-refractivity contribution in [2.75, 3.05) is 0 Å². The summed E-state index contributed by atoms with van der Waals surface area (Å²) >= 11 is 0. The topological polar surface area (TPSA) is 41.9 Å². The van der Waals surface area contributed by atoms with Gasteiger partial charge in [0.1, 0.15) is 19.2 Å². The first-order valence-electron chi connectivity index (χ1n) is 19.6. The molecule has 0 radical (unpaired) electrons. The Balaban J connectivity index is 1.17. The van der Waals surface area contributed by atoms with Crippen molar-refractivity contribution in [3.05, 3.63) is 205 Å². The quantitative estimate of drug-likeness (QED) is 0.0926. The molecule has 0 saturated carbocycles. The van der Waals surface area contributed by atoms with Crippen LogP contribution in [-0.4, -0.2) is 12.6 Å². The van der Waals surface area contributed by atoms with Crippen LogP contribution in [0.4, 0.5) is 0 Å². The fourth-order valence-electron chi connectivity index (χ4n) is 9.67. The number of hydrogen-bond donors (Lipinski definition) is 0. The van der Waals surface area contributed by atoms with Gasteiger partial charge in [-0.25, -0.2) is 0 Å². The van der Waals surface area contributed by atoms with Crippen LogP contribution in [0.3, 0.4) is 0 Å². The molecule has 0 aliphatic carbocycles. The molecule has 0 aliphatic rings. The monoisotopic (exact) mass is 744 g/mol. The van der Waals surface area contributed by atoms with Crippen molar-refractivity contribution in [1.82, 2.24) is 4.57 Å². The third kappa shape index (κ3) is 5.10. The molecule has 2 heterocycles. The molecular formula is C53H36N2OSi. The number of nitriles is 1. The van der Waals surface area contributed by atoms with Gasteiger partial charge in [-0.1, -0.05) is 158 Å². The van der Waals surface area contributed by atoms with Crippen molar-refractivity contribution in [2.45, 2.75) is 12.5 Å². The highest BCUT2D eigenvalue weighted by atomic mass is 28.3. The summed E-state index contributed by atoms with van der Waals surface area (Å²) in [5, 5.41) is 23.6. The number of aryl methyl sites for hydroxylation is 1. The summed E-state index contributed by atoms with van der Waals surface area (Å²) in [6.07, 6.45) is 0.889. The van der Waals surface area contributed by atoms with E-state index in [1.807, 2.05) is 18.2 Å². The summed E-state index contributed by atoms with van der Waals surface area (Å²) in [4.78, 5) is 0. The van der Waals surface area contributed by atoms with E-state index in [0.717, 1.165) is 50.8 Å². The van der Waals surface area contributed by atoms with Crippen molar-refractivity contribution in [1.29, 1.82) is 5.26 Å². The van der Waals surface area contributed by atoms with Crippen LogP contribution in [0.25, 0.3) is 71.0 Å². The minimum absolute atomic E-state index is 0.667. The maximum atomic E-state index is 9.85. The third-order valence-electron chi connectivity index (χ3n) is 12.2. The Hall–Kier alpha value is -7.19. The predicted octanol–water partition coefficient (Wildman–Crippen LogP) is 11.6. The molecule has 3 nitrogen and oxygen atoms in total. The van der Waals surface area contributed by atoms with Crippen LogP contribution in [0.2, 0.25) is 6.04 Å². The standard InChI is InChI=1S/C53H36N2OSi/c54-35-36-27-29-50-47(33-36)43-21-11-13-25-49(43)55(50)53-45-23-9-7-19-40(45)42(41-20-8-10-24-46(41)53)31-32-57(37-15-3-1-4-16-37,38-17-5-2-6-18-38)39-28-30-52-48(34-39)44-22-12-14-26-51(44)56-52/h1-30,33-34H,31-32H2. The SMILES string of the molecule is N#Cc1ccc2c(c1)c1ccccc1n2-c1c2ccccc2c(CC[Si](c2ccccc2)(c2ccccc2)c2ccc3oc4ccccc4c3c2)c2ccccc12. The minimum Gasteiger partial charge on any atom is -0.456 e. The second-order valence-corrected chi connectivity index (χ2v) is 19.1. The first-order valence-corrected chi connectivity index (χ1v) is 21.8. The Labute approximate surface area is 331 Å². The number of hydrogen-bond acceptors (Lipinski definition) is 2. The molecule has 268 valence electrons. The molecule has 0 bridgehead atoms. The van der Waals surface area contributed by atoms with Crippen molar-refractivity contribution in [3.8, 4) is 11.8 Å². The third-order valence-corrected chi connectivity index (χ3v) is 17.1. The summed E-state index contributed by atoms with van der Waals surface area (Å²) in [6, 6.07) is 73.9. The van der Waals surface area contributed by atoms with Gasteiger partial charge < -0.3 is 8.98 Å². The number of rotatable bonds is 7. The molecular weight excluding hydrogens is 709 g/mol. The average Bonchev–Trinajstić information content (AvgIpc) is 3.82. The predicted molar refractivity (Wildman–Crippen MR) is 240 cm³/mol. The molecule has 0 fully saturated rings. The van der Waals surface area contributed by atoms with Gasteiger partial charge in [-0.05, 0) is 80.8 Å². The highest BCUT2D eigenvalue weighted by Crippen LogP contribution is 2.41. The van der Waals surface area contributed by atoms with Crippen LogP contribution in [0.5, 0.6) is 0 Å². The molecule has 0 unspecified atom stereocenters. The molecule has 0 spiro atoms. The number of nitrogens with zero attached hydrogens (tertiary/aromatic N) is 2. The molecule has 57 heavy (non-hydrogen) atoms. The first kappa shape index (κ1) is 33.2. The number of furan rings is 1. The van der Waals surface area contributed by atoms with E-state index < -0.39 is 8.07 Å². The fraction of sp³-hybridized carbons (Fsp3) is 0.0377. The number of benzene rings is 9. The summed E-state index contributed by atoms with van der Waals surface area (Å²) in [7, 11) is -2.68. The molecule has 0 amide bonds. The smallest absolute Gasteiger partial charge is 0.148 e. The van der Waals surface area contributed by atoms with Crippen LogP contribution in [0, 0.1) is 11.3 Å². The highest BCUT2D eigenvalue weighted by Gasteiger charge is 2.39. The second kappa shape index (κ2) is 13.2. The zero-order chi connectivity index (χ0) is 37.9. The lowest BCUT2D eigenvalue weighted by Gasteiger charge is -2.34. The van der Waals surface area contributed by atoms with E-state index in [1.54, 1.807) is 0 Å². The number of fused-ring (bicyclic) bond motifs is 8. The Kier molecular flexibility index (Phi) is 7.70. The molecule has 0 saturated heterocycles. The molecule has 4 heteroatoms. The van der Waals surface area contributed by atoms with Gasteiger partial charge in [-0.3, -0.25) is 0 Å². The number of aromatic nitrogens is 1. The van der Waals surface area contributed by atoms with E-state index in [-0.39, 0.29) is 0 Å². The molecule has 0 atom stereocenters. The van der Waals surface area contributed by atoms with Gasteiger partial charge in [0.25, 0.3) is 0 Å². The first-order chi connectivity index (χ1) is 28.2. The lowest BCUT2D eigenvalue weighted by Crippen LogP contribution is -2.67. The Morgan fingerprint density at radius 1 is 0.439 bits per heavy atom. The molecule has 2 aromatic heterocycles. The zero-order valence-corrected chi connectivity index (χ0v) is 32.2. The molecule has 11 rings (SSSR count). The summed E-state index contributed by atoms with van der Waals surface area (Å²) in [6.45, 7) is 0. The van der Waals surface area contributed by atoms with Crippen molar-refractivity contribution >= 4 is 88.9 Å². The van der Waals surface area contributed by atoms with Crippen molar-refractivity contribution in [3.63, 3.8) is 0 Å². The highest BCUT2D eigenvalue weighted by molar-refractivity contribution is 7.11. The van der Waals surface area contributed by atoms with Crippen LogP contribution >= 0.6 is 0 Å². The van der Waals surface area contributed by atoms with E-state index in [4.69, 9.17) is 4.42 Å². The normalized spacial score (nSPS) is 12.0. The van der Waals surface area contributed by atoms with Gasteiger partial charge in [0.2, 0.25) is 0 Å². The van der Waals surface area contributed by atoms with Crippen molar-refractivity contribution in [2.24, 2.45) is 0 Å². The lowest BCUT2D eigenvalue weighted by molar-refractivity contribution is 0.669. The summed E-state index contributed by atoms with van der Waals surface area (Å²) in [5.41, 5.74) is 7.28. The van der Waals surface area contributed by atoms with Gasteiger partial charge in [0.05, 0.1) is 28.4 Å². The molecule has 11 aromatic rings. The fourth-order valence-corrected chi connectivity index (χ4v) is 14.4. The zero-order valence-electron chi connectivity index (χ0n) is 31.2. The second-order valence-electron chi connectivity index (χ2n) is 15.1. The Morgan fingerprint density at radius 3 is 1.65 bits per heavy atom. The average molecular weight is 745 g/mol. The maximum Gasteiger partial charge on any atom is 0.148 e.